The molecule has 19 N–H and O–H groups in total. The van der Waals surface area contributed by atoms with Gasteiger partial charge in [-0.05, 0) is 118 Å². The third kappa shape index (κ3) is 13.9. The molecule has 0 radical (unpaired) electrons. The lowest BCUT2D eigenvalue weighted by Gasteiger charge is -2.71. The van der Waals surface area contributed by atoms with Crippen molar-refractivity contribution in [3.8, 4) is 0 Å². The van der Waals surface area contributed by atoms with E-state index in [0.29, 0.717) is 38.5 Å². The molecular formula is C69H110O36. The molecule has 0 aromatic rings. The second kappa shape index (κ2) is 30.4. The van der Waals surface area contributed by atoms with Gasteiger partial charge in [0.2, 0.25) is 6.29 Å². The van der Waals surface area contributed by atoms with Gasteiger partial charge in [-0.25, -0.2) is 4.79 Å². The van der Waals surface area contributed by atoms with Crippen LogP contribution in [0.3, 0.4) is 0 Å². The number of hydrogen-bond donors (Lipinski definition) is 19. The molecule has 41 atom stereocenters. The summed E-state index contributed by atoms with van der Waals surface area (Å²) in [5.74, 6) is -3.72. The Labute approximate surface area is 605 Å². The van der Waals surface area contributed by atoms with Crippen LogP contribution in [0.5, 0.6) is 0 Å². The highest BCUT2D eigenvalue weighted by molar-refractivity contribution is 5.80. The summed E-state index contributed by atoms with van der Waals surface area (Å²) in [6.07, 6.45) is -50.4. The van der Waals surface area contributed by atoms with Crippen LogP contribution >= 0.6 is 0 Å². The van der Waals surface area contributed by atoms with Gasteiger partial charge >= 0.3 is 11.9 Å². The molecule has 105 heavy (non-hydrogen) atoms. The molecule has 0 aromatic carbocycles. The van der Waals surface area contributed by atoms with E-state index in [1.807, 2.05) is 6.92 Å². The lowest BCUT2D eigenvalue weighted by molar-refractivity contribution is -0.394. The average molecular weight is 1520 g/mol. The van der Waals surface area contributed by atoms with Gasteiger partial charge in [-0.3, -0.25) is 4.79 Å². The topological polar surface area (TPSA) is 557 Å². The van der Waals surface area contributed by atoms with Crippen molar-refractivity contribution in [2.75, 3.05) is 40.1 Å². The van der Waals surface area contributed by atoms with Gasteiger partial charge in [0.15, 0.2) is 49.9 Å². The van der Waals surface area contributed by atoms with Crippen LogP contribution in [0.1, 0.15) is 113 Å². The average Bonchev–Trinajstić information content (AvgIpc) is 0.936. The molecule has 11 fully saturated rings. The van der Waals surface area contributed by atoms with E-state index >= 15 is 4.79 Å². The second-order valence-corrected chi connectivity index (χ2v) is 33.2. The summed E-state index contributed by atoms with van der Waals surface area (Å²) in [4.78, 5) is 28.8. The molecule has 0 bridgehead atoms. The number of aliphatic hydroxyl groups excluding tert-OH is 17. The van der Waals surface area contributed by atoms with Crippen molar-refractivity contribution >= 4 is 11.9 Å². The van der Waals surface area contributed by atoms with E-state index in [9.17, 15) is 102 Å². The lowest BCUT2D eigenvalue weighted by atomic mass is 9.34. The zero-order valence-electron chi connectivity index (χ0n) is 60.1. The van der Waals surface area contributed by atoms with Gasteiger partial charge < -0.3 is 168 Å². The van der Waals surface area contributed by atoms with Gasteiger partial charge in [0.25, 0.3) is 0 Å². The van der Waals surface area contributed by atoms with Crippen molar-refractivity contribution in [3.63, 3.8) is 0 Å². The monoisotopic (exact) mass is 1510 g/mol. The minimum absolute atomic E-state index is 0.0809. The number of fused-ring (bicyclic) bond motifs is 7. The molecule has 12 aliphatic rings. The van der Waals surface area contributed by atoms with Gasteiger partial charge in [-0.2, -0.15) is 0 Å². The van der Waals surface area contributed by atoms with Crippen LogP contribution in [0.2, 0.25) is 0 Å². The number of ether oxygens (including phenoxy) is 15. The third-order valence-electron chi connectivity index (χ3n) is 26.7. The maximum atomic E-state index is 15.8. The van der Waals surface area contributed by atoms with Gasteiger partial charge in [-0.1, -0.05) is 46.3 Å². The Morgan fingerprint density at radius 1 is 0.533 bits per heavy atom. The van der Waals surface area contributed by atoms with Gasteiger partial charge in [0.1, 0.15) is 127 Å². The summed E-state index contributed by atoms with van der Waals surface area (Å²) in [6.45, 7) is 12.0. The summed E-state index contributed by atoms with van der Waals surface area (Å²) in [5.41, 5.74) is -6.41. The minimum atomic E-state index is -2.18. The van der Waals surface area contributed by atoms with Crippen molar-refractivity contribution in [1.29, 1.82) is 0 Å². The molecule has 37 unspecified atom stereocenters. The van der Waals surface area contributed by atoms with Gasteiger partial charge in [0.05, 0.1) is 63.1 Å². The number of carboxylic acids is 1. The molecule has 0 aromatic heterocycles. The number of esters is 1. The number of allylic oxidation sites excluding steroid dienone is 2. The molecule has 12 rings (SSSR count). The van der Waals surface area contributed by atoms with E-state index in [-0.39, 0.29) is 36.5 Å². The zero-order valence-corrected chi connectivity index (χ0v) is 60.1. The third-order valence-corrected chi connectivity index (χ3v) is 26.7. The van der Waals surface area contributed by atoms with Crippen molar-refractivity contribution < 1.29 is 178 Å². The number of methoxy groups -OCH3 is 1. The highest BCUT2D eigenvalue weighted by atomic mass is 16.8. The number of carbonyl (C=O) groups is 2. The van der Waals surface area contributed by atoms with Crippen LogP contribution in [0.15, 0.2) is 11.6 Å². The molecule has 602 valence electrons. The molecule has 0 amide bonds. The normalized spacial score (nSPS) is 55.0. The Kier molecular flexibility index (Phi) is 23.7. The van der Waals surface area contributed by atoms with E-state index in [2.05, 4.69) is 40.7 Å². The fraction of sp³-hybridized carbons (Fsp3) is 0.942. The summed E-state index contributed by atoms with van der Waals surface area (Å²) in [6, 6.07) is 0. The number of carboxylic acid groups (broad SMARTS) is 1. The molecule has 36 nitrogen and oxygen atoms in total. The first kappa shape index (κ1) is 81.9. The van der Waals surface area contributed by atoms with Crippen LogP contribution in [-0.4, -0.2) is 357 Å². The van der Waals surface area contributed by atoms with Crippen LogP contribution < -0.4 is 0 Å². The first-order chi connectivity index (χ1) is 49.2. The number of aliphatic hydroxyl groups is 18. The van der Waals surface area contributed by atoms with Crippen molar-refractivity contribution in [3.05, 3.63) is 11.6 Å². The fourth-order valence-corrected chi connectivity index (χ4v) is 20.0. The molecule has 7 aliphatic heterocycles. The predicted molar refractivity (Wildman–Crippen MR) is 343 cm³/mol. The molecule has 7 heterocycles. The number of hydrogen-bond acceptors (Lipinski definition) is 35. The molecule has 0 spiro atoms. The predicted octanol–water partition coefficient (Wildman–Crippen LogP) is -6.15. The molecule has 5 aliphatic carbocycles. The van der Waals surface area contributed by atoms with Crippen LogP contribution in [0.25, 0.3) is 0 Å². The summed E-state index contributed by atoms with van der Waals surface area (Å²) in [5, 5.41) is 210. The first-order valence-corrected chi connectivity index (χ1v) is 36.4. The van der Waals surface area contributed by atoms with E-state index in [1.54, 1.807) is 0 Å². The summed E-state index contributed by atoms with van der Waals surface area (Å²) in [7, 11) is 1.51. The quantitative estimate of drug-likeness (QED) is 0.0345. The number of carbonyl (C=O) groups excluding carboxylic acids is 1. The smallest absolute Gasteiger partial charge is 0.335 e. The van der Waals surface area contributed by atoms with E-state index in [1.165, 1.54) is 21.0 Å². The SMILES string of the molecule is CO[C@]1(C)C(OC2OC(C(=O)O)C(O)C(OC3OCC(O)C(O)C3O)C2OC2OC(CO)C(O)C(O)C2O)CCC2(C)C3CC=C4C5CC(C)(C)CC[C@]5(C(=O)OC5OC(C)C(O)C(O)C5OC5OC(C)C(OC6OCC(O)C(OC7OCC(O)(CO)C7O)C6O)C(O)C5O)[C@H](O)C[C@@]4(C)C3(C)CCC21. The highest BCUT2D eigenvalue weighted by Crippen LogP contribution is 2.76. The number of aliphatic carboxylic acids is 1. The van der Waals surface area contributed by atoms with E-state index in [0.717, 1.165) is 5.57 Å². The zero-order chi connectivity index (χ0) is 76.7. The Morgan fingerprint density at radius 2 is 1.13 bits per heavy atom. The summed E-state index contributed by atoms with van der Waals surface area (Å²) >= 11 is 0. The Bertz CT molecular complexity index is 3060. The Morgan fingerprint density at radius 3 is 1.79 bits per heavy atom. The maximum absolute atomic E-state index is 15.8. The maximum Gasteiger partial charge on any atom is 0.335 e. The van der Waals surface area contributed by atoms with Crippen molar-refractivity contribution in [2.45, 2.75) is 321 Å². The first-order valence-electron chi connectivity index (χ1n) is 36.4. The molecule has 4 saturated carbocycles. The Hall–Kier alpha value is -2.60. The fourth-order valence-electron chi connectivity index (χ4n) is 20.0. The second-order valence-electron chi connectivity index (χ2n) is 33.2. The van der Waals surface area contributed by atoms with Gasteiger partial charge in [0, 0.05) is 7.11 Å². The highest BCUT2D eigenvalue weighted by Gasteiger charge is 2.73. The van der Waals surface area contributed by atoms with Crippen LogP contribution in [0.4, 0.5) is 0 Å². The standard InChI is InChI=1S/C69H110O36/c1-25-36(75)40(79)51(103-57-44(83)41(80)47(26(2)96-57)99-56-46(85)48(30(73)22-93-56)100-61-53(86)68(90,23-71)24-94-61)59(95-25)105-62(89)69-17-16-63(3,4)18-28(69)27-10-11-32-64(5)14-13-35(67(8,91-9)33(64)12-15-65(32,6)66(27,7)19-34(69)74)98-60-52(104-58-43(82)39(78)38(77)31(20-70)97-58)49(45(84)50(102-60)54(87)88)101-55-42(81)37(76)29(72)21-92-55/h10,25-26,28-53,55-61,70-86,90H,11-24H2,1-9H3,(H,87,88)/t25?,26?,28?,29?,30?,31?,32?,33?,34-,35?,36?,37?,38?,39?,40?,41?,42?,43?,44?,45?,46?,47?,48?,49?,50?,51?,52?,53?,55?,56?,57?,58?,59?,60?,61?,64?,65?,66-,67+,68?,69-/m1/s1. The van der Waals surface area contributed by atoms with Crippen LogP contribution in [0, 0.1) is 44.8 Å². The molecule has 7 saturated heterocycles. The van der Waals surface area contributed by atoms with Crippen LogP contribution in [-0.2, 0) is 80.6 Å². The lowest BCUT2D eigenvalue weighted by Crippen LogP contribution is -2.70. The Balaban J connectivity index is 0.777. The number of rotatable bonds is 18. The minimum Gasteiger partial charge on any atom is -0.479 e. The molecule has 36 heteroatoms. The largest absolute Gasteiger partial charge is 0.479 e. The van der Waals surface area contributed by atoms with E-state index < -0.39 is 280 Å². The van der Waals surface area contributed by atoms with Crippen molar-refractivity contribution in [2.24, 2.45) is 44.8 Å². The van der Waals surface area contributed by atoms with Gasteiger partial charge in [-0.15, -0.1) is 0 Å². The van der Waals surface area contributed by atoms with Crippen molar-refractivity contribution in [1.82, 2.24) is 0 Å². The molecular weight excluding hydrogens is 1400 g/mol. The van der Waals surface area contributed by atoms with E-state index in [4.69, 9.17) is 71.1 Å². The summed E-state index contributed by atoms with van der Waals surface area (Å²) < 4.78 is 90.4.